The van der Waals surface area contributed by atoms with Gasteiger partial charge in [-0.25, -0.2) is 0 Å². The number of carbonyl (C=O) groups excluding carboxylic acids is 1. The van der Waals surface area contributed by atoms with Crippen molar-refractivity contribution in [3.63, 3.8) is 0 Å². The van der Waals surface area contributed by atoms with Crippen LogP contribution in [-0.4, -0.2) is 16.0 Å². The summed E-state index contributed by atoms with van der Waals surface area (Å²) in [4.78, 5) is 12.8. The molecule has 3 rings (SSSR count). The molecule has 0 amide bonds. The molecule has 0 aromatic heterocycles. The van der Waals surface area contributed by atoms with Gasteiger partial charge in [-0.05, 0) is 45.6 Å². The second kappa shape index (κ2) is 8.99. The maximum atomic E-state index is 12.8. The second-order valence-corrected chi connectivity index (χ2v) is 7.82. The zero-order valence-corrected chi connectivity index (χ0v) is 17.2. The molecular weight excluding hydrogens is 364 g/mol. The van der Waals surface area contributed by atoms with Gasteiger partial charge in [-0.1, -0.05) is 53.6 Å². The van der Waals surface area contributed by atoms with Crippen molar-refractivity contribution in [1.29, 1.82) is 0 Å². The molecule has 4 nitrogen and oxygen atoms in total. The minimum Gasteiger partial charge on any atom is -0.507 e. The zero-order chi connectivity index (χ0) is 21.0. The molecule has 0 radical (unpaired) electrons. The number of aromatic hydroxyl groups is 2. The Labute approximate surface area is 172 Å². The third kappa shape index (κ3) is 4.89. The number of fused-ring (bicyclic) bond motifs is 1. The highest BCUT2D eigenvalue weighted by Crippen LogP contribution is 2.44. The highest BCUT2D eigenvalue weighted by Gasteiger charge is 2.32. The first kappa shape index (κ1) is 20.7. The molecule has 0 aliphatic carbocycles. The Morgan fingerprint density at radius 3 is 2.55 bits per heavy atom. The van der Waals surface area contributed by atoms with Gasteiger partial charge in [0.25, 0.3) is 0 Å². The molecule has 2 N–H and O–H groups in total. The largest absolute Gasteiger partial charge is 0.507 e. The molecule has 0 bridgehead atoms. The lowest BCUT2D eigenvalue weighted by atomic mass is 9.92. The molecule has 29 heavy (non-hydrogen) atoms. The molecule has 0 saturated heterocycles. The number of phenols is 2. The van der Waals surface area contributed by atoms with E-state index >= 15 is 0 Å². The number of phenolic OH excluding ortho intramolecular Hbond substituents is 2. The van der Waals surface area contributed by atoms with Crippen LogP contribution in [0.4, 0.5) is 0 Å². The van der Waals surface area contributed by atoms with E-state index in [1.807, 2.05) is 43.3 Å². The summed E-state index contributed by atoms with van der Waals surface area (Å²) in [6, 6.07) is 10.9. The number of hydrogen-bond acceptors (Lipinski definition) is 4. The van der Waals surface area contributed by atoms with E-state index < -0.39 is 6.10 Å². The molecule has 4 heteroatoms. The van der Waals surface area contributed by atoms with Gasteiger partial charge in [0.1, 0.15) is 28.9 Å². The summed E-state index contributed by atoms with van der Waals surface area (Å²) in [5.41, 5.74) is 3.88. The molecule has 0 saturated carbocycles. The summed E-state index contributed by atoms with van der Waals surface area (Å²) < 4.78 is 5.94. The summed E-state index contributed by atoms with van der Waals surface area (Å²) in [5.74, 6) is -0.179. The van der Waals surface area contributed by atoms with E-state index in [1.54, 1.807) is 0 Å². The quantitative estimate of drug-likeness (QED) is 0.588. The van der Waals surface area contributed by atoms with Gasteiger partial charge in [0, 0.05) is 11.6 Å². The van der Waals surface area contributed by atoms with Crippen molar-refractivity contribution in [2.45, 2.75) is 52.6 Å². The summed E-state index contributed by atoms with van der Waals surface area (Å²) in [6.07, 6.45) is 6.15. The predicted octanol–water partition coefficient (Wildman–Crippen LogP) is 6.04. The summed E-state index contributed by atoms with van der Waals surface area (Å²) >= 11 is 0. The monoisotopic (exact) mass is 392 g/mol. The number of allylic oxidation sites excluding steroid dienone is 4. The van der Waals surface area contributed by atoms with Crippen molar-refractivity contribution in [2.24, 2.45) is 0 Å². The fraction of sp³-hybridized carbons (Fsp3) is 0.320. The molecule has 1 aliphatic heterocycles. The molecule has 0 spiro atoms. The highest BCUT2D eigenvalue weighted by atomic mass is 16.5. The number of rotatable bonds is 6. The van der Waals surface area contributed by atoms with Crippen LogP contribution in [0.25, 0.3) is 0 Å². The first-order chi connectivity index (χ1) is 13.9. The van der Waals surface area contributed by atoms with Crippen LogP contribution in [0.15, 0.2) is 59.7 Å². The summed E-state index contributed by atoms with van der Waals surface area (Å²) in [5, 5.41) is 21.2. The van der Waals surface area contributed by atoms with Crippen LogP contribution in [0.5, 0.6) is 17.2 Å². The topological polar surface area (TPSA) is 66.8 Å². The first-order valence-corrected chi connectivity index (χ1v) is 9.98. The van der Waals surface area contributed by atoms with E-state index in [9.17, 15) is 15.0 Å². The van der Waals surface area contributed by atoms with Crippen LogP contribution in [0.3, 0.4) is 0 Å². The average molecular weight is 392 g/mol. The molecule has 2 aromatic rings. The minimum absolute atomic E-state index is 0.0592. The lowest BCUT2D eigenvalue weighted by Gasteiger charge is -2.27. The van der Waals surface area contributed by atoms with Crippen LogP contribution in [0.2, 0.25) is 0 Å². The number of ketones is 1. The van der Waals surface area contributed by atoms with Crippen molar-refractivity contribution < 1.29 is 19.7 Å². The Kier molecular flexibility index (Phi) is 6.42. The van der Waals surface area contributed by atoms with Crippen LogP contribution < -0.4 is 4.74 Å². The van der Waals surface area contributed by atoms with Gasteiger partial charge in [-0.15, -0.1) is 0 Å². The number of carbonyl (C=O) groups is 1. The van der Waals surface area contributed by atoms with Crippen molar-refractivity contribution in [2.75, 3.05) is 0 Å². The lowest BCUT2D eigenvalue weighted by molar-refractivity contribution is 0.0844. The number of hydrogen-bond donors (Lipinski definition) is 2. The van der Waals surface area contributed by atoms with Gasteiger partial charge in [0.15, 0.2) is 5.78 Å². The number of ether oxygens (including phenoxy) is 1. The first-order valence-electron chi connectivity index (χ1n) is 9.98. The maximum Gasteiger partial charge on any atom is 0.174 e. The zero-order valence-electron chi connectivity index (χ0n) is 17.2. The average Bonchev–Trinajstić information content (AvgIpc) is 2.67. The van der Waals surface area contributed by atoms with Gasteiger partial charge in [-0.3, -0.25) is 4.79 Å². The minimum atomic E-state index is -0.418. The molecule has 0 fully saturated rings. The van der Waals surface area contributed by atoms with Crippen LogP contribution in [0, 0.1) is 0 Å². The Morgan fingerprint density at radius 2 is 1.86 bits per heavy atom. The van der Waals surface area contributed by atoms with E-state index in [0.29, 0.717) is 12.0 Å². The standard InChI is InChI=1S/C25H28O4/c1-16(2)8-7-9-17(3)12-13-19-20(26)14-23-24(25(19)28)21(27)15-22(29-23)18-10-5-4-6-11-18/h4-6,8,10-12,14,22,26,28H,7,9,13,15H2,1-3H3/t22-/m0/s1. The van der Waals surface area contributed by atoms with E-state index in [1.165, 1.54) is 17.2 Å². The van der Waals surface area contributed by atoms with Crippen molar-refractivity contribution in [3.8, 4) is 17.2 Å². The van der Waals surface area contributed by atoms with Gasteiger partial charge in [0.2, 0.25) is 0 Å². The van der Waals surface area contributed by atoms with Crippen molar-refractivity contribution in [1.82, 2.24) is 0 Å². The van der Waals surface area contributed by atoms with Gasteiger partial charge in [0.05, 0.1) is 6.42 Å². The molecule has 1 aliphatic rings. The van der Waals surface area contributed by atoms with Gasteiger partial charge >= 0.3 is 0 Å². The lowest BCUT2D eigenvalue weighted by Crippen LogP contribution is -2.20. The molecule has 0 unspecified atom stereocenters. The van der Waals surface area contributed by atoms with E-state index in [-0.39, 0.29) is 35.0 Å². The fourth-order valence-corrected chi connectivity index (χ4v) is 3.52. The van der Waals surface area contributed by atoms with Crippen LogP contribution in [0.1, 0.15) is 67.6 Å². The van der Waals surface area contributed by atoms with Gasteiger partial charge < -0.3 is 14.9 Å². The third-order valence-corrected chi connectivity index (χ3v) is 5.18. The van der Waals surface area contributed by atoms with Gasteiger partial charge in [-0.2, -0.15) is 0 Å². The molecule has 2 aromatic carbocycles. The molecular formula is C25H28O4. The summed E-state index contributed by atoms with van der Waals surface area (Å²) in [6.45, 7) is 6.18. The third-order valence-electron chi connectivity index (χ3n) is 5.18. The van der Waals surface area contributed by atoms with E-state index in [2.05, 4.69) is 19.9 Å². The maximum absolute atomic E-state index is 12.8. The second-order valence-electron chi connectivity index (χ2n) is 7.82. The molecule has 152 valence electrons. The predicted molar refractivity (Wildman–Crippen MR) is 115 cm³/mol. The summed E-state index contributed by atoms with van der Waals surface area (Å²) in [7, 11) is 0. The van der Waals surface area contributed by atoms with Crippen LogP contribution >= 0.6 is 0 Å². The fourth-order valence-electron chi connectivity index (χ4n) is 3.52. The van der Waals surface area contributed by atoms with Crippen LogP contribution in [-0.2, 0) is 6.42 Å². The van der Waals surface area contributed by atoms with Crippen molar-refractivity contribution in [3.05, 3.63) is 76.4 Å². The smallest absolute Gasteiger partial charge is 0.174 e. The molecule has 1 heterocycles. The Hall–Kier alpha value is -3.01. The van der Waals surface area contributed by atoms with Crippen molar-refractivity contribution >= 4 is 5.78 Å². The number of Topliss-reactive ketones (excluding diaryl/α,β-unsaturated/α-hetero) is 1. The Morgan fingerprint density at radius 1 is 1.14 bits per heavy atom. The Balaban J connectivity index is 1.82. The Bertz CT molecular complexity index is 951. The molecule has 1 atom stereocenters. The van der Waals surface area contributed by atoms with E-state index in [4.69, 9.17) is 4.74 Å². The van der Waals surface area contributed by atoms with E-state index in [0.717, 1.165) is 18.4 Å². The highest BCUT2D eigenvalue weighted by molar-refractivity contribution is 6.03. The SMILES string of the molecule is CC(C)=CCCC(C)=CCc1c(O)cc2c(c1O)C(=O)C[C@@H](c1ccccc1)O2. The normalized spacial score (nSPS) is 16.2. The number of benzene rings is 2.